The molecule has 0 aromatic heterocycles. The van der Waals surface area contributed by atoms with Gasteiger partial charge in [0.2, 0.25) is 0 Å². The summed E-state index contributed by atoms with van der Waals surface area (Å²) < 4.78 is 5.86. The first-order valence-corrected chi connectivity index (χ1v) is 5.86. The first kappa shape index (κ1) is 12.2. The fourth-order valence-electron chi connectivity index (χ4n) is 1.86. The van der Waals surface area contributed by atoms with E-state index in [-0.39, 0.29) is 0 Å². The van der Waals surface area contributed by atoms with E-state index < -0.39 is 0 Å². The molecule has 2 aromatic rings. The van der Waals surface area contributed by atoms with Crippen molar-refractivity contribution in [3.05, 3.63) is 58.7 Å². The Kier molecular flexibility index (Phi) is 3.34. The van der Waals surface area contributed by atoms with Crippen LogP contribution in [-0.2, 0) is 0 Å². The van der Waals surface area contributed by atoms with E-state index in [4.69, 9.17) is 10.00 Å². The highest BCUT2D eigenvalue weighted by molar-refractivity contribution is 5.45. The van der Waals surface area contributed by atoms with Crippen LogP contribution in [0.25, 0.3) is 0 Å². The van der Waals surface area contributed by atoms with E-state index in [0.717, 1.165) is 11.3 Å². The number of benzene rings is 2. The van der Waals surface area contributed by atoms with Gasteiger partial charge in [0.15, 0.2) is 0 Å². The Balaban J connectivity index is 2.37. The molecule has 0 heterocycles. The largest absolute Gasteiger partial charge is 0.457 e. The van der Waals surface area contributed by atoms with Crippen LogP contribution in [0.5, 0.6) is 11.5 Å². The van der Waals surface area contributed by atoms with Crippen LogP contribution in [0, 0.1) is 32.1 Å². The van der Waals surface area contributed by atoms with Crippen LogP contribution in [0.15, 0.2) is 36.4 Å². The average molecular weight is 237 g/mol. The van der Waals surface area contributed by atoms with E-state index in [9.17, 15) is 0 Å². The molecule has 0 amide bonds. The molecule has 0 spiro atoms. The zero-order valence-electron chi connectivity index (χ0n) is 10.8. The third kappa shape index (κ3) is 2.52. The summed E-state index contributed by atoms with van der Waals surface area (Å²) in [5.41, 5.74) is 4.11. The van der Waals surface area contributed by atoms with Gasteiger partial charge in [-0.25, -0.2) is 0 Å². The third-order valence-corrected chi connectivity index (χ3v) is 2.95. The van der Waals surface area contributed by atoms with Crippen molar-refractivity contribution in [1.29, 1.82) is 5.26 Å². The monoisotopic (exact) mass is 237 g/mol. The maximum absolute atomic E-state index is 8.87. The molecule has 0 aliphatic heterocycles. The lowest BCUT2D eigenvalue weighted by Crippen LogP contribution is -1.92. The molecule has 2 heteroatoms. The van der Waals surface area contributed by atoms with E-state index in [2.05, 4.69) is 19.1 Å². The number of rotatable bonds is 2. The number of nitrogens with zero attached hydrogens (tertiary/aromatic N) is 1. The van der Waals surface area contributed by atoms with Crippen molar-refractivity contribution in [3.8, 4) is 17.6 Å². The molecular formula is C16H15NO. The van der Waals surface area contributed by atoms with Crippen molar-refractivity contribution < 1.29 is 4.74 Å². The SMILES string of the molecule is Cc1cc(C)c(C)c(Oc2cccc(C#N)c2)c1. The lowest BCUT2D eigenvalue weighted by atomic mass is 10.1. The molecule has 0 unspecified atom stereocenters. The van der Waals surface area contributed by atoms with E-state index in [0.29, 0.717) is 11.3 Å². The Morgan fingerprint density at radius 1 is 1.06 bits per heavy atom. The van der Waals surface area contributed by atoms with Gasteiger partial charge in [0.25, 0.3) is 0 Å². The lowest BCUT2D eigenvalue weighted by Gasteiger charge is -2.12. The topological polar surface area (TPSA) is 33.0 Å². The van der Waals surface area contributed by atoms with E-state index in [1.807, 2.05) is 32.0 Å². The highest BCUT2D eigenvalue weighted by Crippen LogP contribution is 2.28. The summed E-state index contributed by atoms with van der Waals surface area (Å²) in [6.45, 7) is 6.16. The molecule has 0 saturated heterocycles. The Morgan fingerprint density at radius 3 is 2.56 bits per heavy atom. The summed E-state index contributed by atoms with van der Waals surface area (Å²) in [6.07, 6.45) is 0. The second-order valence-electron chi connectivity index (χ2n) is 4.45. The van der Waals surface area contributed by atoms with Gasteiger partial charge in [-0.15, -0.1) is 0 Å². The average Bonchev–Trinajstić information content (AvgIpc) is 2.35. The molecule has 0 atom stereocenters. The highest BCUT2D eigenvalue weighted by Gasteiger charge is 2.05. The minimum Gasteiger partial charge on any atom is -0.457 e. The van der Waals surface area contributed by atoms with Crippen molar-refractivity contribution in [2.75, 3.05) is 0 Å². The number of aryl methyl sites for hydroxylation is 2. The van der Waals surface area contributed by atoms with Crippen LogP contribution in [0.4, 0.5) is 0 Å². The van der Waals surface area contributed by atoms with E-state index >= 15 is 0 Å². The standard InChI is InChI=1S/C16H15NO/c1-11-7-12(2)13(3)16(8-11)18-15-6-4-5-14(9-15)10-17/h4-9H,1-3H3. The Bertz CT molecular complexity index is 623. The van der Waals surface area contributed by atoms with Crippen LogP contribution in [-0.4, -0.2) is 0 Å². The molecule has 0 saturated carbocycles. The van der Waals surface area contributed by atoms with Crippen molar-refractivity contribution >= 4 is 0 Å². The molecule has 18 heavy (non-hydrogen) atoms. The Morgan fingerprint density at radius 2 is 1.83 bits per heavy atom. The minimum atomic E-state index is 0.606. The number of nitriles is 1. The molecule has 2 aromatic carbocycles. The van der Waals surface area contributed by atoms with E-state index in [1.54, 1.807) is 12.1 Å². The molecule has 2 nitrogen and oxygen atoms in total. The van der Waals surface area contributed by atoms with Gasteiger partial charge in [-0.2, -0.15) is 5.26 Å². The number of hydrogen-bond acceptors (Lipinski definition) is 2. The second-order valence-corrected chi connectivity index (χ2v) is 4.45. The fraction of sp³-hybridized carbons (Fsp3) is 0.188. The quantitative estimate of drug-likeness (QED) is 0.781. The van der Waals surface area contributed by atoms with Gasteiger partial charge < -0.3 is 4.74 Å². The zero-order valence-corrected chi connectivity index (χ0v) is 10.8. The van der Waals surface area contributed by atoms with Gasteiger partial charge in [0.1, 0.15) is 11.5 Å². The van der Waals surface area contributed by atoms with Crippen LogP contribution in [0.3, 0.4) is 0 Å². The van der Waals surface area contributed by atoms with Gasteiger partial charge in [0, 0.05) is 0 Å². The van der Waals surface area contributed by atoms with Crippen molar-refractivity contribution in [1.82, 2.24) is 0 Å². The smallest absolute Gasteiger partial charge is 0.130 e. The van der Waals surface area contributed by atoms with Gasteiger partial charge in [0.05, 0.1) is 11.6 Å². The summed E-state index contributed by atoms with van der Waals surface area (Å²) in [4.78, 5) is 0. The second kappa shape index (κ2) is 4.93. The van der Waals surface area contributed by atoms with Crippen molar-refractivity contribution in [3.63, 3.8) is 0 Å². The van der Waals surface area contributed by atoms with Crippen molar-refractivity contribution in [2.24, 2.45) is 0 Å². The van der Waals surface area contributed by atoms with Gasteiger partial charge in [-0.05, 0) is 61.7 Å². The molecule has 0 fully saturated rings. The van der Waals surface area contributed by atoms with Gasteiger partial charge >= 0.3 is 0 Å². The van der Waals surface area contributed by atoms with E-state index in [1.165, 1.54) is 11.1 Å². The third-order valence-electron chi connectivity index (χ3n) is 2.95. The highest BCUT2D eigenvalue weighted by atomic mass is 16.5. The summed E-state index contributed by atoms with van der Waals surface area (Å²) in [5, 5.41) is 8.87. The van der Waals surface area contributed by atoms with Gasteiger partial charge in [-0.1, -0.05) is 12.1 Å². The normalized spacial score (nSPS) is 9.89. The summed E-state index contributed by atoms with van der Waals surface area (Å²) in [5.74, 6) is 1.55. The van der Waals surface area contributed by atoms with Crippen molar-refractivity contribution in [2.45, 2.75) is 20.8 Å². The molecular weight excluding hydrogens is 222 g/mol. The molecule has 0 bridgehead atoms. The van der Waals surface area contributed by atoms with Crippen LogP contribution >= 0.6 is 0 Å². The molecule has 2 rings (SSSR count). The first-order chi connectivity index (χ1) is 8.60. The number of ether oxygens (including phenoxy) is 1. The van der Waals surface area contributed by atoms with Crippen LogP contribution < -0.4 is 4.74 Å². The summed E-state index contributed by atoms with van der Waals surface area (Å²) in [7, 11) is 0. The fourth-order valence-corrected chi connectivity index (χ4v) is 1.86. The lowest BCUT2D eigenvalue weighted by molar-refractivity contribution is 0.478. The first-order valence-electron chi connectivity index (χ1n) is 5.86. The Hall–Kier alpha value is -2.27. The minimum absolute atomic E-state index is 0.606. The molecule has 0 aliphatic rings. The Labute approximate surface area is 107 Å². The van der Waals surface area contributed by atoms with Crippen LogP contribution in [0.1, 0.15) is 22.3 Å². The maximum atomic E-state index is 8.87. The molecule has 0 N–H and O–H groups in total. The number of hydrogen-bond donors (Lipinski definition) is 0. The molecule has 0 aliphatic carbocycles. The molecule has 90 valence electrons. The van der Waals surface area contributed by atoms with Crippen LogP contribution in [0.2, 0.25) is 0 Å². The zero-order chi connectivity index (χ0) is 13.1. The van der Waals surface area contributed by atoms with Gasteiger partial charge in [-0.3, -0.25) is 0 Å². The molecule has 0 radical (unpaired) electrons. The predicted octanol–water partition coefficient (Wildman–Crippen LogP) is 4.28. The summed E-state index contributed by atoms with van der Waals surface area (Å²) >= 11 is 0. The predicted molar refractivity (Wildman–Crippen MR) is 71.9 cm³/mol. The summed E-state index contributed by atoms with van der Waals surface area (Å²) in [6, 6.07) is 13.5. The maximum Gasteiger partial charge on any atom is 0.130 e.